The van der Waals surface area contributed by atoms with E-state index < -0.39 is 0 Å². The van der Waals surface area contributed by atoms with Gasteiger partial charge in [-0.05, 0) is 0 Å². The van der Waals surface area contributed by atoms with E-state index in [0.29, 0.717) is 0 Å². The van der Waals surface area contributed by atoms with E-state index in [2.05, 4.69) is 0 Å². The first kappa shape index (κ1) is 34.7. The van der Waals surface area contributed by atoms with Crippen LogP contribution in [0.2, 0.25) is 0 Å². The third-order valence-electron chi connectivity index (χ3n) is 0. The van der Waals surface area contributed by atoms with E-state index in [4.69, 9.17) is 0 Å². The van der Waals surface area contributed by atoms with Gasteiger partial charge in [-0.2, -0.15) is 0 Å². The van der Waals surface area contributed by atoms with Crippen LogP contribution in [-0.2, 0) is 71.1 Å². The van der Waals surface area contributed by atoms with E-state index in [1.165, 1.54) is 0 Å². The molecule has 0 nitrogen and oxygen atoms in total. The maximum absolute atomic E-state index is 0. The first-order chi connectivity index (χ1) is 0. The van der Waals surface area contributed by atoms with Crippen molar-refractivity contribution in [2.45, 2.75) is 0 Å². The third kappa shape index (κ3) is 8.89. The molecule has 2 radical (unpaired) electrons. The van der Waals surface area contributed by atoms with Gasteiger partial charge in [-0.15, -0.1) is 0 Å². The Hall–Kier alpha value is 2.19. The van der Waals surface area contributed by atoms with Gasteiger partial charge in [-0.25, -0.2) is 0 Å². The smallest absolute Gasteiger partial charge is 0 e. The van der Waals surface area contributed by atoms with Gasteiger partial charge in [-0.1, -0.05) is 0 Å². The molecule has 0 aliphatic heterocycles. The number of rotatable bonds is 0. The monoisotopic (exact) mass is 364 g/mol. The largest absolute Gasteiger partial charge is 0 e. The van der Waals surface area contributed by atoms with Crippen LogP contribution in [0, 0.1) is 0 Å². The summed E-state index contributed by atoms with van der Waals surface area (Å²) in [6.07, 6.45) is 0. The Kier molecular flexibility index (Phi) is 165. The van der Waals surface area contributed by atoms with Crippen LogP contribution < -0.4 is 0 Å². The molecule has 0 saturated heterocycles. The van der Waals surface area contributed by atoms with Gasteiger partial charge in [0.15, 0.2) is 0 Å². The zero-order chi connectivity index (χ0) is 0. The zero-order valence-corrected chi connectivity index (χ0v) is 7.10. The van der Waals surface area contributed by atoms with Gasteiger partial charge in [-0.3, -0.25) is 0 Å². The van der Waals surface area contributed by atoms with Crippen LogP contribution >= 0.6 is 0 Å². The first-order valence-electron chi connectivity index (χ1n) is 0. The molecule has 0 aliphatic carbocycles. The maximum atomic E-state index is 0. The molecule has 4 heteroatoms. The summed E-state index contributed by atoms with van der Waals surface area (Å²) in [6, 6.07) is 0. The fraction of sp³-hybridized carbons (Fsp3) is 0. The van der Waals surface area contributed by atoms with Crippen LogP contribution in [0.25, 0.3) is 0 Å². The van der Waals surface area contributed by atoms with Crippen molar-refractivity contribution in [1.82, 2.24) is 0 Å². The Morgan fingerprint density at radius 3 is 1.00 bits per heavy atom. The second-order valence-electron chi connectivity index (χ2n) is 0. The molecule has 0 amide bonds. The van der Waals surface area contributed by atoms with Gasteiger partial charge in [0.05, 0.1) is 0 Å². The van der Waals surface area contributed by atoms with Crippen LogP contribution in [0.3, 0.4) is 0 Å². The van der Waals surface area contributed by atoms with Gasteiger partial charge in [0, 0.05) is 71.1 Å². The SMILES string of the molecule is [Cu].[Fe].[Ni].[Re]. The number of hydrogen-bond donors (Lipinski definition) is 0. The number of hydrogen-bond acceptors (Lipinski definition) is 0. The van der Waals surface area contributed by atoms with Crippen molar-refractivity contribution in [3.05, 3.63) is 0 Å². The van der Waals surface area contributed by atoms with Gasteiger partial charge in [0.25, 0.3) is 0 Å². The molecule has 0 N–H and O–H groups in total. The van der Waals surface area contributed by atoms with Crippen molar-refractivity contribution >= 4 is 0 Å². The van der Waals surface area contributed by atoms with Gasteiger partial charge < -0.3 is 0 Å². The summed E-state index contributed by atoms with van der Waals surface area (Å²) in [5.74, 6) is 0. The summed E-state index contributed by atoms with van der Waals surface area (Å²) < 4.78 is 0. The van der Waals surface area contributed by atoms with E-state index in [9.17, 15) is 0 Å². The molecule has 0 aliphatic rings. The predicted molar refractivity (Wildman–Crippen MR) is 0 cm³/mol. The minimum absolute atomic E-state index is 0. The van der Waals surface area contributed by atoms with Crippen LogP contribution in [0.1, 0.15) is 0 Å². The van der Waals surface area contributed by atoms with Gasteiger partial charge >= 0.3 is 0 Å². The van der Waals surface area contributed by atoms with Crippen LogP contribution in [0.15, 0.2) is 0 Å². The average molecular weight is 364 g/mol. The normalized spacial score (nSPS) is 0. The Bertz CT molecular complexity index is 8.00. The molecule has 36 valence electrons. The van der Waals surface area contributed by atoms with E-state index in [1.807, 2.05) is 0 Å². The topological polar surface area (TPSA) is 0 Å². The van der Waals surface area contributed by atoms with Crippen molar-refractivity contribution in [2.75, 3.05) is 0 Å². The fourth-order valence-electron chi connectivity index (χ4n) is 0. The predicted octanol–water partition coefficient (Wildman–Crippen LogP) is -0.0100. The molecule has 0 aromatic rings. The minimum Gasteiger partial charge on any atom is 0 e. The first-order valence-corrected chi connectivity index (χ1v) is 0. The molecule has 0 spiro atoms. The molecular weight excluding hydrogens is 364 g/mol. The summed E-state index contributed by atoms with van der Waals surface area (Å²) in [7, 11) is 0. The van der Waals surface area contributed by atoms with Crippen molar-refractivity contribution in [3.63, 3.8) is 0 Å². The minimum atomic E-state index is 0. The Morgan fingerprint density at radius 1 is 1.00 bits per heavy atom. The summed E-state index contributed by atoms with van der Waals surface area (Å²) in [5.41, 5.74) is 0. The Labute approximate surface area is 70.4 Å². The molecule has 0 fully saturated rings. The summed E-state index contributed by atoms with van der Waals surface area (Å²) in [4.78, 5) is 0. The standard InChI is InChI=1S/Cu.Fe.Ni.Re. The second-order valence-corrected chi connectivity index (χ2v) is 0. The molecule has 0 saturated carbocycles. The molecule has 0 atom stereocenters. The van der Waals surface area contributed by atoms with Crippen molar-refractivity contribution < 1.29 is 71.1 Å². The van der Waals surface area contributed by atoms with Gasteiger partial charge in [0.1, 0.15) is 0 Å². The van der Waals surface area contributed by atoms with Crippen molar-refractivity contribution in [2.24, 2.45) is 0 Å². The van der Waals surface area contributed by atoms with E-state index >= 15 is 0 Å². The molecule has 0 aromatic carbocycles. The fourth-order valence-corrected chi connectivity index (χ4v) is 0. The molecule has 0 unspecified atom stereocenters. The summed E-state index contributed by atoms with van der Waals surface area (Å²) in [5, 5.41) is 0. The second kappa shape index (κ2) is 19.0. The zero-order valence-electron chi connectivity index (χ0n) is 1.35. The van der Waals surface area contributed by atoms with Crippen molar-refractivity contribution in [3.8, 4) is 0 Å². The molecule has 0 bridgehead atoms. The van der Waals surface area contributed by atoms with Crippen LogP contribution in [-0.4, -0.2) is 0 Å². The summed E-state index contributed by atoms with van der Waals surface area (Å²) in [6.45, 7) is 0. The molecule has 0 aromatic heterocycles. The van der Waals surface area contributed by atoms with Gasteiger partial charge in [0.2, 0.25) is 0 Å². The maximum Gasteiger partial charge on any atom is 0 e. The molecule has 4 heavy (non-hydrogen) atoms. The Balaban J connectivity index is 0. The van der Waals surface area contributed by atoms with Crippen LogP contribution in [0.4, 0.5) is 0 Å². The average Bonchev–Trinajstić information content (AvgIpc) is 0. The van der Waals surface area contributed by atoms with E-state index in [-0.39, 0.29) is 71.1 Å². The van der Waals surface area contributed by atoms with E-state index in [1.54, 1.807) is 0 Å². The quantitative estimate of drug-likeness (QED) is 0.531. The third-order valence-corrected chi connectivity index (χ3v) is 0. The van der Waals surface area contributed by atoms with Crippen LogP contribution in [0.5, 0.6) is 0 Å². The summed E-state index contributed by atoms with van der Waals surface area (Å²) >= 11 is 0. The molecular formula is CuFeNiRe. The molecule has 0 rings (SSSR count). The van der Waals surface area contributed by atoms with Crippen molar-refractivity contribution in [1.29, 1.82) is 0 Å². The van der Waals surface area contributed by atoms with E-state index in [0.717, 1.165) is 0 Å². The Morgan fingerprint density at radius 2 is 1.00 bits per heavy atom. The molecule has 0 heterocycles.